The first-order valence-corrected chi connectivity index (χ1v) is 12.5. The number of carbonyl (C=O) groups is 2. The van der Waals surface area contributed by atoms with E-state index in [0.29, 0.717) is 58.6 Å². The van der Waals surface area contributed by atoms with E-state index in [9.17, 15) is 9.59 Å². The van der Waals surface area contributed by atoms with Crippen molar-refractivity contribution in [2.75, 3.05) is 25.5 Å². The highest BCUT2D eigenvalue weighted by Gasteiger charge is 2.23. The van der Waals surface area contributed by atoms with Gasteiger partial charge in [0.2, 0.25) is 11.8 Å². The van der Waals surface area contributed by atoms with Crippen molar-refractivity contribution >= 4 is 28.6 Å². The van der Waals surface area contributed by atoms with Crippen molar-refractivity contribution in [3.63, 3.8) is 0 Å². The molecule has 3 aromatic carbocycles. The summed E-state index contributed by atoms with van der Waals surface area (Å²) in [5, 5.41) is 3.34. The van der Waals surface area contributed by atoms with Gasteiger partial charge >= 0.3 is 6.09 Å². The van der Waals surface area contributed by atoms with Gasteiger partial charge in [0.25, 0.3) is 0 Å². The maximum absolute atomic E-state index is 12.1. The first-order valence-electron chi connectivity index (χ1n) is 12.5. The summed E-state index contributed by atoms with van der Waals surface area (Å²) in [5.74, 6) is 2.52. The molecule has 0 atom stereocenters. The molecule has 1 N–H and O–H groups in total. The Morgan fingerprint density at radius 1 is 0.923 bits per heavy atom. The van der Waals surface area contributed by atoms with Crippen molar-refractivity contribution < 1.29 is 28.5 Å². The third kappa shape index (κ3) is 6.35. The van der Waals surface area contributed by atoms with Crippen LogP contribution in [0.15, 0.2) is 73.1 Å². The molecule has 1 aliphatic rings. The average Bonchev–Trinajstić information content (AvgIpc) is 2.95. The minimum Gasteiger partial charge on any atom is -0.493 e. The highest BCUT2D eigenvalue weighted by molar-refractivity contribution is 5.87. The molecule has 0 aliphatic carbocycles. The third-order valence-electron chi connectivity index (χ3n) is 6.33. The van der Waals surface area contributed by atoms with Crippen LogP contribution < -0.4 is 24.3 Å². The lowest BCUT2D eigenvalue weighted by atomic mass is 10.1. The number of fused-ring (bicyclic) bond motifs is 1. The number of amides is 2. The SMILES string of the molecule is COc1cc2c(Oc3ccc(NC(=O)Oc4ccccc4)cc3)ncnc2cc1OC1CCN(C(C)=O)CC1. The zero-order valence-electron chi connectivity index (χ0n) is 21.6. The number of likely N-dealkylation sites (tertiary alicyclic amines) is 1. The number of methoxy groups -OCH3 is 1. The second-order valence-corrected chi connectivity index (χ2v) is 8.98. The Hall–Kier alpha value is -4.86. The van der Waals surface area contributed by atoms with E-state index >= 15 is 0 Å². The van der Waals surface area contributed by atoms with Gasteiger partial charge in [0.15, 0.2) is 11.5 Å². The first kappa shape index (κ1) is 25.8. The Balaban J connectivity index is 1.27. The van der Waals surface area contributed by atoms with E-state index in [1.807, 2.05) is 17.0 Å². The molecule has 1 aliphatic heterocycles. The van der Waals surface area contributed by atoms with Crippen molar-refractivity contribution in [2.45, 2.75) is 25.9 Å². The van der Waals surface area contributed by atoms with Crippen LogP contribution in [0.1, 0.15) is 19.8 Å². The van der Waals surface area contributed by atoms with Gasteiger partial charge in [-0.25, -0.2) is 14.8 Å². The molecule has 1 saturated heterocycles. The summed E-state index contributed by atoms with van der Waals surface area (Å²) in [6.07, 6.45) is 2.30. The molecule has 0 saturated carbocycles. The number of hydrogen-bond donors (Lipinski definition) is 1. The lowest BCUT2D eigenvalue weighted by Gasteiger charge is -2.31. The van der Waals surface area contributed by atoms with Crippen LogP contribution >= 0.6 is 0 Å². The molecule has 1 fully saturated rings. The Morgan fingerprint density at radius 2 is 1.67 bits per heavy atom. The molecule has 10 heteroatoms. The summed E-state index contributed by atoms with van der Waals surface area (Å²) in [7, 11) is 1.57. The number of rotatable bonds is 7. The van der Waals surface area contributed by atoms with Crippen LogP contribution in [0.2, 0.25) is 0 Å². The van der Waals surface area contributed by atoms with Gasteiger partial charge in [-0.15, -0.1) is 0 Å². The molecule has 1 aromatic heterocycles. The van der Waals surface area contributed by atoms with Crippen LogP contribution in [0.5, 0.6) is 28.9 Å². The Labute approximate surface area is 225 Å². The van der Waals surface area contributed by atoms with E-state index in [1.54, 1.807) is 68.6 Å². The highest BCUT2D eigenvalue weighted by Crippen LogP contribution is 2.37. The summed E-state index contributed by atoms with van der Waals surface area (Å²) < 4.78 is 23.1. The lowest BCUT2D eigenvalue weighted by Crippen LogP contribution is -2.40. The fourth-order valence-corrected chi connectivity index (χ4v) is 4.30. The van der Waals surface area contributed by atoms with Crippen LogP contribution in [0.4, 0.5) is 10.5 Å². The van der Waals surface area contributed by atoms with Crippen LogP contribution in [-0.2, 0) is 4.79 Å². The van der Waals surface area contributed by atoms with E-state index in [2.05, 4.69) is 15.3 Å². The first-order chi connectivity index (χ1) is 19.0. The minimum absolute atomic E-state index is 0.0263. The molecule has 0 spiro atoms. The highest BCUT2D eigenvalue weighted by atomic mass is 16.6. The molecular weight excluding hydrogens is 500 g/mol. The average molecular weight is 529 g/mol. The second-order valence-electron chi connectivity index (χ2n) is 8.98. The zero-order chi connectivity index (χ0) is 27.2. The van der Waals surface area contributed by atoms with E-state index in [0.717, 1.165) is 12.8 Å². The fourth-order valence-electron chi connectivity index (χ4n) is 4.30. The second kappa shape index (κ2) is 11.7. The molecule has 5 rings (SSSR count). The van der Waals surface area contributed by atoms with Crippen molar-refractivity contribution in [1.82, 2.24) is 14.9 Å². The van der Waals surface area contributed by atoms with Gasteiger partial charge < -0.3 is 23.8 Å². The topological polar surface area (TPSA) is 112 Å². The summed E-state index contributed by atoms with van der Waals surface area (Å²) in [5.41, 5.74) is 1.19. The minimum atomic E-state index is -0.591. The number of anilines is 1. The van der Waals surface area contributed by atoms with Crippen molar-refractivity contribution in [1.29, 1.82) is 0 Å². The van der Waals surface area contributed by atoms with Gasteiger partial charge in [-0.2, -0.15) is 0 Å². The van der Waals surface area contributed by atoms with E-state index < -0.39 is 6.09 Å². The third-order valence-corrected chi connectivity index (χ3v) is 6.33. The summed E-state index contributed by atoms with van der Waals surface area (Å²) in [6, 6.07) is 19.3. The predicted molar refractivity (Wildman–Crippen MR) is 145 cm³/mol. The van der Waals surface area contributed by atoms with Crippen molar-refractivity contribution in [3.8, 4) is 28.9 Å². The molecule has 10 nitrogen and oxygen atoms in total. The molecule has 0 unspecified atom stereocenters. The normalized spacial score (nSPS) is 13.5. The number of ether oxygens (including phenoxy) is 4. The number of piperidine rings is 1. The molecule has 200 valence electrons. The number of nitrogens with zero attached hydrogens (tertiary/aromatic N) is 3. The number of carbonyl (C=O) groups excluding carboxylic acids is 2. The van der Waals surface area contributed by atoms with Gasteiger partial charge in [0, 0.05) is 44.6 Å². The Kier molecular flexibility index (Phi) is 7.72. The summed E-state index contributed by atoms with van der Waals surface area (Å²) >= 11 is 0. The number of nitrogens with one attached hydrogen (secondary N) is 1. The Bertz CT molecular complexity index is 1450. The maximum atomic E-state index is 12.1. The number of para-hydroxylation sites is 1. The van der Waals surface area contributed by atoms with Crippen molar-refractivity contribution in [3.05, 3.63) is 73.1 Å². The van der Waals surface area contributed by atoms with Gasteiger partial charge in [-0.1, -0.05) is 18.2 Å². The molecule has 2 heterocycles. The molecule has 0 bridgehead atoms. The standard InChI is InChI=1S/C29H28N4O6/c1-19(34)33-14-12-23(13-15-33)37-27-17-25-24(16-26(27)36-2)28(31-18-30-25)38-22-10-8-20(9-11-22)32-29(35)39-21-6-4-3-5-7-21/h3-11,16-18,23H,12-15H2,1-2H3,(H,32,35). The number of benzene rings is 3. The Morgan fingerprint density at radius 3 is 2.36 bits per heavy atom. The molecule has 39 heavy (non-hydrogen) atoms. The van der Waals surface area contributed by atoms with Crippen LogP contribution in [0.25, 0.3) is 10.9 Å². The number of hydrogen-bond acceptors (Lipinski definition) is 8. The smallest absolute Gasteiger partial charge is 0.417 e. The van der Waals surface area contributed by atoms with Gasteiger partial charge in [0.05, 0.1) is 18.0 Å². The van der Waals surface area contributed by atoms with E-state index in [4.69, 9.17) is 18.9 Å². The predicted octanol–water partition coefficient (Wildman–Crippen LogP) is 5.43. The zero-order valence-corrected chi connectivity index (χ0v) is 21.6. The molecule has 2 amide bonds. The fraction of sp³-hybridized carbons (Fsp3) is 0.241. The quantitative estimate of drug-likeness (QED) is 0.338. The van der Waals surface area contributed by atoms with Gasteiger partial charge in [-0.3, -0.25) is 10.1 Å². The van der Waals surface area contributed by atoms with Gasteiger partial charge in [0.1, 0.15) is 23.9 Å². The lowest BCUT2D eigenvalue weighted by molar-refractivity contribution is -0.130. The van der Waals surface area contributed by atoms with Crippen LogP contribution in [-0.4, -0.2) is 53.2 Å². The summed E-state index contributed by atoms with van der Waals surface area (Å²) in [4.78, 5) is 34.3. The monoisotopic (exact) mass is 528 g/mol. The van der Waals surface area contributed by atoms with Gasteiger partial charge in [-0.05, 0) is 42.5 Å². The summed E-state index contributed by atoms with van der Waals surface area (Å²) in [6.45, 7) is 2.92. The maximum Gasteiger partial charge on any atom is 0.417 e. The van der Waals surface area contributed by atoms with Crippen LogP contribution in [0.3, 0.4) is 0 Å². The van der Waals surface area contributed by atoms with Crippen LogP contribution in [0, 0.1) is 0 Å². The molecule has 0 radical (unpaired) electrons. The van der Waals surface area contributed by atoms with E-state index in [-0.39, 0.29) is 12.0 Å². The largest absolute Gasteiger partial charge is 0.493 e. The van der Waals surface area contributed by atoms with Crippen molar-refractivity contribution in [2.24, 2.45) is 0 Å². The van der Waals surface area contributed by atoms with E-state index in [1.165, 1.54) is 6.33 Å². The molecular formula is C29H28N4O6. The molecule has 4 aromatic rings. The number of aromatic nitrogens is 2.